The molecule has 1 rings (SSSR count). The number of nitrogens with two attached hydrogens (primary N) is 1. The molecule has 0 bridgehead atoms. The molecule has 0 saturated carbocycles. The summed E-state index contributed by atoms with van der Waals surface area (Å²) in [5, 5.41) is 2.88. The maximum absolute atomic E-state index is 5.40. The molecule has 0 aromatic rings. The number of rotatable bonds is 1. The first-order chi connectivity index (χ1) is 4.33. The lowest BCUT2D eigenvalue weighted by Crippen LogP contribution is -2.29. The van der Waals surface area contributed by atoms with E-state index in [2.05, 4.69) is 10.3 Å². The Hall–Kier alpha value is -0.350. The number of nitrogens with one attached hydrogen (secondary N) is 1. The van der Waals surface area contributed by atoms with Crippen LogP contribution < -0.4 is 11.1 Å². The summed E-state index contributed by atoms with van der Waals surface area (Å²) in [6.07, 6.45) is 3.41. The molecule has 49 valence electrons. The van der Waals surface area contributed by atoms with Gasteiger partial charge in [0.2, 0.25) is 10.7 Å². The van der Waals surface area contributed by atoms with Crippen molar-refractivity contribution >= 4 is 27.5 Å². The zero-order valence-electron chi connectivity index (χ0n) is 4.54. The Balaban J connectivity index is 2.55. The minimum Gasteiger partial charge on any atom is -0.384 e. The largest absolute Gasteiger partial charge is 0.386 e. The van der Waals surface area contributed by atoms with Crippen molar-refractivity contribution in [2.24, 2.45) is 10.7 Å². The summed E-state index contributed by atoms with van der Waals surface area (Å²) >= 11 is 0. The second-order valence-corrected chi connectivity index (χ2v) is 2.65. The highest BCUT2D eigenvalue weighted by Gasteiger charge is 2.20. The maximum atomic E-state index is 5.40. The van der Waals surface area contributed by atoms with Gasteiger partial charge < -0.3 is 11.1 Å². The van der Waals surface area contributed by atoms with Gasteiger partial charge in [-0.25, -0.2) is 0 Å². The van der Waals surface area contributed by atoms with Gasteiger partial charge in [-0.2, -0.15) is 4.99 Å². The molecule has 5 heteroatoms. The number of halogens is 1. The van der Waals surface area contributed by atoms with Crippen LogP contribution in [-0.2, 0) is 11.0 Å². The van der Waals surface area contributed by atoms with Gasteiger partial charge in [0.05, 0.1) is 0 Å². The number of amidine groups is 1. The molecular formula is C4H6ClN3S+. The fourth-order valence-electron chi connectivity index (χ4n) is 0.477. The lowest BCUT2D eigenvalue weighted by atomic mass is 10.5. The molecule has 1 unspecified atom stereocenters. The lowest BCUT2D eigenvalue weighted by Gasteiger charge is -2.03. The zero-order chi connectivity index (χ0) is 6.69. The summed E-state index contributed by atoms with van der Waals surface area (Å²) in [5.74, 6) is 0.506. The molecule has 1 aliphatic rings. The average molecular weight is 164 g/mol. The van der Waals surface area contributed by atoms with Crippen LogP contribution in [0, 0.1) is 0 Å². The van der Waals surface area contributed by atoms with Crippen LogP contribution in [0.15, 0.2) is 17.3 Å². The van der Waals surface area contributed by atoms with Crippen molar-refractivity contribution in [2.75, 3.05) is 0 Å². The van der Waals surface area contributed by atoms with Crippen LogP contribution in [0.5, 0.6) is 0 Å². The fourth-order valence-corrected chi connectivity index (χ4v) is 1.04. The zero-order valence-corrected chi connectivity index (χ0v) is 6.12. The molecule has 0 aromatic heterocycles. The van der Waals surface area contributed by atoms with Crippen molar-refractivity contribution in [2.45, 2.75) is 5.50 Å². The van der Waals surface area contributed by atoms with E-state index in [4.69, 9.17) is 16.4 Å². The third kappa shape index (κ3) is 1.80. The van der Waals surface area contributed by atoms with Crippen molar-refractivity contribution in [1.82, 2.24) is 5.32 Å². The minimum atomic E-state index is -0.128. The summed E-state index contributed by atoms with van der Waals surface area (Å²) in [6, 6.07) is 0. The molecule has 1 radical (unpaired) electrons. The number of hydrogen-bond donors (Lipinski definition) is 2. The SMILES string of the molecule is NC1=NC([S+]Cl)NC=C1. The van der Waals surface area contributed by atoms with Crippen molar-refractivity contribution in [3.63, 3.8) is 0 Å². The van der Waals surface area contributed by atoms with Crippen molar-refractivity contribution in [3.05, 3.63) is 12.3 Å². The fraction of sp³-hybridized carbons (Fsp3) is 0.250. The van der Waals surface area contributed by atoms with Crippen LogP contribution in [0.25, 0.3) is 0 Å². The minimum absolute atomic E-state index is 0.128. The second kappa shape index (κ2) is 2.98. The predicted octanol–water partition coefficient (Wildman–Crippen LogP) is -0.0195. The summed E-state index contributed by atoms with van der Waals surface area (Å²) < 4.78 is 0. The molecule has 0 fully saturated rings. The molecule has 3 N–H and O–H groups in total. The Bertz CT molecular complexity index is 156. The van der Waals surface area contributed by atoms with Gasteiger partial charge in [0.25, 0.3) is 0 Å². The van der Waals surface area contributed by atoms with Gasteiger partial charge in [-0.3, -0.25) is 0 Å². The van der Waals surface area contributed by atoms with Crippen LogP contribution in [0.2, 0.25) is 0 Å². The molecule has 0 aromatic carbocycles. The first-order valence-electron chi connectivity index (χ1n) is 2.36. The Morgan fingerprint density at radius 2 is 2.67 bits per heavy atom. The van der Waals surface area contributed by atoms with Gasteiger partial charge in [0, 0.05) is 6.20 Å². The van der Waals surface area contributed by atoms with Crippen molar-refractivity contribution in [3.8, 4) is 0 Å². The van der Waals surface area contributed by atoms with E-state index in [1.54, 1.807) is 12.3 Å². The first-order valence-corrected chi connectivity index (χ1v) is 4.07. The molecule has 1 atom stereocenters. The summed E-state index contributed by atoms with van der Waals surface area (Å²) in [5.41, 5.74) is 5.22. The third-order valence-electron chi connectivity index (χ3n) is 0.844. The van der Waals surface area contributed by atoms with Gasteiger partial charge in [-0.15, -0.1) is 0 Å². The third-order valence-corrected chi connectivity index (χ3v) is 1.76. The highest BCUT2D eigenvalue weighted by Crippen LogP contribution is 1.98. The van der Waals surface area contributed by atoms with E-state index in [0.29, 0.717) is 5.84 Å². The van der Waals surface area contributed by atoms with Gasteiger partial charge in [-0.05, 0) is 6.08 Å². The Labute approximate surface area is 61.9 Å². The molecule has 3 nitrogen and oxygen atoms in total. The maximum Gasteiger partial charge on any atom is 0.386 e. The smallest absolute Gasteiger partial charge is 0.384 e. The monoisotopic (exact) mass is 163 g/mol. The van der Waals surface area contributed by atoms with Crippen LogP contribution in [0.1, 0.15) is 0 Å². The molecular weight excluding hydrogens is 158 g/mol. The molecule has 0 spiro atoms. The summed E-state index contributed by atoms with van der Waals surface area (Å²) in [4.78, 5) is 3.93. The number of aliphatic imine (C=N–C) groups is 1. The molecule has 1 aliphatic heterocycles. The summed E-state index contributed by atoms with van der Waals surface area (Å²) in [6.45, 7) is 0. The van der Waals surface area contributed by atoms with Crippen LogP contribution >= 0.6 is 10.7 Å². The second-order valence-electron chi connectivity index (χ2n) is 1.50. The highest BCUT2D eigenvalue weighted by molar-refractivity contribution is 8.03. The van der Waals surface area contributed by atoms with Gasteiger partial charge >= 0.3 is 16.5 Å². The average Bonchev–Trinajstić information content (AvgIpc) is 1.88. The molecule has 0 saturated heterocycles. The van der Waals surface area contributed by atoms with Gasteiger partial charge in [0.1, 0.15) is 5.84 Å². The van der Waals surface area contributed by atoms with Crippen LogP contribution in [-0.4, -0.2) is 11.3 Å². The van der Waals surface area contributed by atoms with E-state index in [1.807, 2.05) is 0 Å². The first kappa shape index (κ1) is 6.77. The van der Waals surface area contributed by atoms with Crippen molar-refractivity contribution in [1.29, 1.82) is 0 Å². The topological polar surface area (TPSA) is 50.4 Å². The Kier molecular flexibility index (Phi) is 2.24. The predicted molar refractivity (Wildman–Crippen MR) is 40.9 cm³/mol. The van der Waals surface area contributed by atoms with Crippen molar-refractivity contribution < 1.29 is 0 Å². The molecule has 0 amide bonds. The van der Waals surface area contributed by atoms with E-state index in [1.165, 1.54) is 0 Å². The van der Waals surface area contributed by atoms with Gasteiger partial charge in [0.15, 0.2) is 0 Å². The molecule has 1 heterocycles. The quantitative estimate of drug-likeness (QED) is 0.535. The molecule has 9 heavy (non-hydrogen) atoms. The standard InChI is InChI=1S/C4H6ClN3S/c5-9-4-7-2-1-3(6)8-4/h1-2,4,7H,(H2,6,8)/q+1. The lowest BCUT2D eigenvalue weighted by molar-refractivity contribution is 0.812. The Morgan fingerprint density at radius 3 is 3.11 bits per heavy atom. The molecule has 0 aliphatic carbocycles. The number of hydrogen-bond acceptors (Lipinski definition) is 4. The van der Waals surface area contributed by atoms with E-state index in [0.717, 1.165) is 11.0 Å². The number of nitrogens with zero attached hydrogens (tertiary/aromatic N) is 1. The van der Waals surface area contributed by atoms with Gasteiger partial charge in [-0.1, -0.05) is 0 Å². The van der Waals surface area contributed by atoms with E-state index in [-0.39, 0.29) is 5.50 Å². The summed E-state index contributed by atoms with van der Waals surface area (Å²) in [7, 11) is 6.50. The highest BCUT2D eigenvalue weighted by atomic mass is 35.7. The van der Waals surface area contributed by atoms with Crippen LogP contribution in [0.3, 0.4) is 0 Å². The van der Waals surface area contributed by atoms with E-state index < -0.39 is 0 Å². The Morgan fingerprint density at radius 1 is 1.89 bits per heavy atom. The van der Waals surface area contributed by atoms with E-state index in [9.17, 15) is 0 Å². The van der Waals surface area contributed by atoms with E-state index >= 15 is 0 Å². The normalized spacial score (nSPS) is 25.0. The van der Waals surface area contributed by atoms with Crippen LogP contribution in [0.4, 0.5) is 0 Å².